The number of benzene rings is 1. The third-order valence-corrected chi connectivity index (χ3v) is 2.18. The first-order chi connectivity index (χ1) is 7.30. The van der Waals surface area contributed by atoms with Crippen molar-refractivity contribution in [1.82, 2.24) is 0 Å². The molecular formula is C11H14F3NO. The molecular weight excluding hydrogens is 219 g/mol. The fourth-order valence-electron chi connectivity index (χ4n) is 1.12. The molecule has 0 spiro atoms. The van der Waals surface area contributed by atoms with Gasteiger partial charge in [0.25, 0.3) is 0 Å². The summed E-state index contributed by atoms with van der Waals surface area (Å²) in [5, 5.41) is 0. The van der Waals surface area contributed by atoms with Gasteiger partial charge in [-0.05, 0) is 31.5 Å². The summed E-state index contributed by atoms with van der Waals surface area (Å²) in [6.45, 7) is 2.77. The second-order valence-electron chi connectivity index (χ2n) is 3.66. The highest BCUT2D eigenvalue weighted by Crippen LogP contribution is 2.25. The molecule has 0 fully saturated rings. The summed E-state index contributed by atoms with van der Waals surface area (Å²) in [6, 6.07) is 6.14. The molecule has 1 rings (SSSR count). The van der Waals surface area contributed by atoms with Crippen molar-refractivity contribution in [3.05, 3.63) is 29.8 Å². The monoisotopic (exact) mass is 233 g/mol. The number of alkyl halides is 3. The zero-order valence-electron chi connectivity index (χ0n) is 9.08. The van der Waals surface area contributed by atoms with Crippen LogP contribution in [0.5, 0.6) is 5.75 Å². The SMILES string of the molecule is CC(Oc1ccc([C@H](C)N)cc1)C(F)(F)F. The average molecular weight is 233 g/mol. The van der Waals surface area contributed by atoms with Gasteiger partial charge in [-0.2, -0.15) is 13.2 Å². The molecule has 0 amide bonds. The zero-order chi connectivity index (χ0) is 12.3. The van der Waals surface area contributed by atoms with E-state index in [0.29, 0.717) is 0 Å². The van der Waals surface area contributed by atoms with Crippen molar-refractivity contribution in [1.29, 1.82) is 0 Å². The van der Waals surface area contributed by atoms with E-state index in [2.05, 4.69) is 0 Å². The Morgan fingerprint density at radius 1 is 1.12 bits per heavy atom. The van der Waals surface area contributed by atoms with Gasteiger partial charge in [-0.3, -0.25) is 0 Å². The molecule has 2 nitrogen and oxygen atoms in total. The van der Waals surface area contributed by atoms with Crippen LogP contribution in [-0.2, 0) is 0 Å². The molecule has 16 heavy (non-hydrogen) atoms. The van der Waals surface area contributed by atoms with E-state index < -0.39 is 12.3 Å². The maximum atomic E-state index is 12.2. The topological polar surface area (TPSA) is 35.2 Å². The molecule has 1 aromatic carbocycles. The fourth-order valence-corrected chi connectivity index (χ4v) is 1.12. The van der Waals surface area contributed by atoms with Crippen LogP contribution in [0.15, 0.2) is 24.3 Å². The molecule has 2 N–H and O–H groups in total. The Bertz CT molecular complexity index is 332. The number of nitrogens with two attached hydrogens (primary N) is 1. The Hall–Kier alpha value is -1.23. The molecule has 0 aliphatic rings. The number of halogens is 3. The first kappa shape index (κ1) is 12.8. The van der Waals surface area contributed by atoms with Crippen molar-refractivity contribution in [3.63, 3.8) is 0 Å². The molecule has 1 unspecified atom stereocenters. The van der Waals surface area contributed by atoms with Crippen molar-refractivity contribution in [2.75, 3.05) is 0 Å². The lowest BCUT2D eigenvalue weighted by atomic mass is 10.1. The maximum Gasteiger partial charge on any atom is 0.425 e. The van der Waals surface area contributed by atoms with Crippen LogP contribution in [0.4, 0.5) is 13.2 Å². The molecule has 0 bridgehead atoms. The van der Waals surface area contributed by atoms with Gasteiger partial charge in [0, 0.05) is 6.04 Å². The summed E-state index contributed by atoms with van der Waals surface area (Å²) < 4.78 is 41.3. The van der Waals surface area contributed by atoms with Gasteiger partial charge in [-0.15, -0.1) is 0 Å². The number of rotatable bonds is 3. The van der Waals surface area contributed by atoms with E-state index in [1.807, 2.05) is 0 Å². The molecule has 0 aliphatic heterocycles. The molecule has 0 heterocycles. The Morgan fingerprint density at radius 3 is 2.00 bits per heavy atom. The Kier molecular flexibility index (Phi) is 3.80. The maximum absolute atomic E-state index is 12.2. The number of ether oxygens (including phenoxy) is 1. The van der Waals surface area contributed by atoms with Crippen LogP contribution in [-0.4, -0.2) is 12.3 Å². The van der Waals surface area contributed by atoms with Crippen molar-refractivity contribution < 1.29 is 17.9 Å². The third kappa shape index (κ3) is 3.41. The molecule has 1 aromatic rings. The van der Waals surface area contributed by atoms with Crippen LogP contribution in [0.2, 0.25) is 0 Å². The van der Waals surface area contributed by atoms with Gasteiger partial charge in [0.15, 0.2) is 6.10 Å². The van der Waals surface area contributed by atoms with Crippen LogP contribution >= 0.6 is 0 Å². The van der Waals surface area contributed by atoms with Crippen molar-refractivity contribution in [2.45, 2.75) is 32.2 Å². The fraction of sp³-hybridized carbons (Fsp3) is 0.455. The van der Waals surface area contributed by atoms with Crippen LogP contribution < -0.4 is 10.5 Å². The van der Waals surface area contributed by atoms with E-state index in [4.69, 9.17) is 10.5 Å². The summed E-state index contributed by atoms with van der Waals surface area (Å²) in [7, 11) is 0. The summed E-state index contributed by atoms with van der Waals surface area (Å²) in [6.07, 6.45) is -6.16. The highest BCUT2D eigenvalue weighted by Gasteiger charge is 2.37. The second-order valence-corrected chi connectivity index (χ2v) is 3.66. The molecule has 0 aliphatic carbocycles. The smallest absolute Gasteiger partial charge is 0.425 e. The van der Waals surface area contributed by atoms with Crippen LogP contribution in [0, 0.1) is 0 Å². The molecule has 0 aromatic heterocycles. The minimum atomic E-state index is -4.35. The quantitative estimate of drug-likeness (QED) is 0.870. The molecule has 0 saturated carbocycles. The summed E-state index contributed by atoms with van der Waals surface area (Å²) in [4.78, 5) is 0. The zero-order valence-corrected chi connectivity index (χ0v) is 9.08. The Morgan fingerprint density at radius 2 is 1.62 bits per heavy atom. The van der Waals surface area contributed by atoms with E-state index in [-0.39, 0.29) is 11.8 Å². The van der Waals surface area contributed by atoms with E-state index in [0.717, 1.165) is 12.5 Å². The second kappa shape index (κ2) is 4.74. The first-order valence-electron chi connectivity index (χ1n) is 4.89. The highest BCUT2D eigenvalue weighted by molar-refractivity contribution is 5.28. The summed E-state index contributed by atoms with van der Waals surface area (Å²) in [5.74, 6) is 0.189. The van der Waals surface area contributed by atoms with Gasteiger partial charge in [-0.25, -0.2) is 0 Å². The summed E-state index contributed by atoms with van der Waals surface area (Å²) >= 11 is 0. The van der Waals surface area contributed by atoms with Crippen molar-refractivity contribution in [3.8, 4) is 5.75 Å². The van der Waals surface area contributed by atoms with Gasteiger partial charge in [0.1, 0.15) is 5.75 Å². The molecule has 90 valence electrons. The lowest BCUT2D eigenvalue weighted by molar-refractivity contribution is -0.189. The van der Waals surface area contributed by atoms with E-state index in [1.165, 1.54) is 12.1 Å². The molecule has 0 saturated heterocycles. The number of hydrogen-bond donors (Lipinski definition) is 1. The van der Waals surface area contributed by atoms with Crippen LogP contribution in [0.3, 0.4) is 0 Å². The lowest BCUT2D eigenvalue weighted by Crippen LogP contribution is -2.31. The van der Waals surface area contributed by atoms with Crippen LogP contribution in [0.1, 0.15) is 25.5 Å². The minimum absolute atomic E-state index is 0.144. The average Bonchev–Trinajstić information content (AvgIpc) is 2.17. The normalized spacial score (nSPS) is 15.6. The number of hydrogen-bond acceptors (Lipinski definition) is 2. The summed E-state index contributed by atoms with van der Waals surface area (Å²) in [5.41, 5.74) is 6.47. The van der Waals surface area contributed by atoms with E-state index in [9.17, 15) is 13.2 Å². The van der Waals surface area contributed by atoms with Gasteiger partial charge in [0.2, 0.25) is 0 Å². The Labute approximate surface area is 92.2 Å². The van der Waals surface area contributed by atoms with Crippen molar-refractivity contribution in [2.24, 2.45) is 5.73 Å². The first-order valence-corrected chi connectivity index (χ1v) is 4.89. The third-order valence-electron chi connectivity index (χ3n) is 2.18. The molecule has 5 heteroatoms. The lowest BCUT2D eigenvalue weighted by Gasteiger charge is -2.18. The largest absolute Gasteiger partial charge is 0.481 e. The van der Waals surface area contributed by atoms with Gasteiger partial charge in [0.05, 0.1) is 0 Å². The van der Waals surface area contributed by atoms with Gasteiger partial charge < -0.3 is 10.5 Å². The predicted octanol–water partition coefficient (Wildman–Crippen LogP) is 3.04. The van der Waals surface area contributed by atoms with Gasteiger partial charge >= 0.3 is 6.18 Å². The van der Waals surface area contributed by atoms with Crippen LogP contribution in [0.25, 0.3) is 0 Å². The minimum Gasteiger partial charge on any atom is -0.481 e. The van der Waals surface area contributed by atoms with Gasteiger partial charge in [-0.1, -0.05) is 12.1 Å². The standard InChI is InChI=1S/C11H14F3NO/c1-7(15)9-3-5-10(6-4-9)16-8(2)11(12,13)14/h3-8H,15H2,1-2H3/t7-,8?/m0/s1. The van der Waals surface area contributed by atoms with E-state index >= 15 is 0 Å². The highest BCUT2D eigenvalue weighted by atomic mass is 19.4. The molecule has 0 radical (unpaired) electrons. The molecule has 2 atom stereocenters. The predicted molar refractivity (Wildman–Crippen MR) is 55.2 cm³/mol. The Balaban J connectivity index is 2.69. The van der Waals surface area contributed by atoms with Crippen molar-refractivity contribution >= 4 is 0 Å². The van der Waals surface area contributed by atoms with E-state index in [1.54, 1.807) is 19.1 Å².